The van der Waals surface area contributed by atoms with Crippen LogP contribution in [-0.4, -0.2) is 36.3 Å². The van der Waals surface area contributed by atoms with Crippen LogP contribution >= 0.6 is 15.9 Å². The van der Waals surface area contributed by atoms with Crippen molar-refractivity contribution in [3.8, 4) is 17.6 Å². The molecular weight excluding hydrogens is 462 g/mol. The Kier molecular flexibility index (Phi) is 6.98. The fraction of sp³-hybridized carbons (Fsp3) is 0.261. The summed E-state index contributed by atoms with van der Waals surface area (Å²) in [6.07, 6.45) is 1.71. The van der Waals surface area contributed by atoms with E-state index in [0.29, 0.717) is 32.9 Å². The van der Waals surface area contributed by atoms with E-state index >= 15 is 0 Å². The Morgan fingerprint density at radius 3 is 2.68 bits per heavy atom. The number of aromatic nitrogens is 2. The first kappa shape index (κ1) is 22.4. The van der Waals surface area contributed by atoms with Crippen LogP contribution in [0.25, 0.3) is 22.7 Å². The zero-order valence-corrected chi connectivity index (χ0v) is 19.3. The molecule has 0 fully saturated rings. The third-order valence-corrected chi connectivity index (χ3v) is 5.26. The quantitative estimate of drug-likeness (QED) is 0.376. The van der Waals surface area contributed by atoms with Crippen molar-refractivity contribution in [2.24, 2.45) is 0 Å². The molecule has 0 spiro atoms. The van der Waals surface area contributed by atoms with Gasteiger partial charge in [0.2, 0.25) is 0 Å². The number of esters is 1. The maximum Gasteiger partial charge on any atom is 0.344 e. The van der Waals surface area contributed by atoms with Gasteiger partial charge in [-0.1, -0.05) is 0 Å². The van der Waals surface area contributed by atoms with Crippen molar-refractivity contribution in [1.29, 1.82) is 5.26 Å². The molecular formula is C23H22BrN3O4. The van der Waals surface area contributed by atoms with Crippen LogP contribution in [0.2, 0.25) is 0 Å². The van der Waals surface area contributed by atoms with Gasteiger partial charge in [-0.3, -0.25) is 0 Å². The molecule has 0 unspecified atom stereocenters. The average Bonchev–Trinajstić information content (AvgIpc) is 3.13. The molecule has 0 atom stereocenters. The molecule has 0 radical (unpaired) electrons. The van der Waals surface area contributed by atoms with Gasteiger partial charge in [-0.15, -0.1) is 0 Å². The molecule has 1 N–H and O–H groups in total. The number of imidazole rings is 1. The molecule has 0 saturated heterocycles. The standard InChI is InChI=1S/C23H22BrN3O4/c1-5-30-21(28)12-31-22-17(24)9-15(10-20(22)29-4)8-16(11-25)23-26-18-6-13(2)14(3)7-19(18)27-23/h6-10H,5,12H2,1-4H3,(H,26,27)/b16-8-. The van der Waals surface area contributed by atoms with Crippen LogP contribution in [-0.2, 0) is 9.53 Å². The molecule has 0 amide bonds. The van der Waals surface area contributed by atoms with Crippen molar-refractivity contribution >= 4 is 44.6 Å². The molecule has 2 aromatic carbocycles. The predicted molar refractivity (Wildman–Crippen MR) is 122 cm³/mol. The van der Waals surface area contributed by atoms with Crippen molar-refractivity contribution in [1.82, 2.24) is 9.97 Å². The largest absolute Gasteiger partial charge is 0.493 e. The lowest BCUT2D eigenvalue weighted by molar-refractivity contribution is -0.145. The van der Waals surface area contributed by atoms with Gasteiger partial charge in [-0.05, 0) is 83.7 Å². The van der Waals surface area contributed by atoms with E-state index in [1.807, 2.05) is 26.0 Å². The second-order valence-corrected chi connectivity index (χ2v) is 7.69. The Balaban J connectivity index is 1.95. The van der Waals surface area contributed by atoms with Crippen LogP contribution in [0.4, 0.5) is 0 Å². The van der Waals surface area contributed by atoms with Crippen molar-refractivity contribution in [2.45, 2.75) is 20.8 Å². The maximum atomic E-state index is 11.6. The smallest absolute Gasteiger partial charge is 0.344 e. The lowest BCUT2D eigenvalue weighted by Crippen LogP contribution is -2.15. The number of H-pyrrole nitrogens is 1. The number of carbonyl (C=O) groups is 1. The van der Waals surface area contributed by atoms with Crippen LogP contribution in [0, 0.1) is 25.2 Å². The van der Waals surface area contributed by atoms with Gasteiger partial charge >= 0.3 is 5.97 Å². The van der Waals surface area contributed by atoms with Crippen LogP contribution in [0.3, 0.4) is 0 Å². The van der Waals surface area contributed by atoms with E-state index in [1.54, 1.807) is 25.1 Å². The summed E-state index contributed by atoms with van der Waals surface area (Å²) in [5.74, 6) is 0.807. The van der Waals surface area contributed by atoms with E-state index in [1.165, 1.54) is 7.11 Å². The monoisotopic (exact) mass is 483 g/mol. The zero-order valence-electron chi connectivity index (χ0n) is 17.7. The molecule has 1 heterocycles. The number of allylic oxidation sites excluding steroid dienone is 1. The minimum absolute atomic E-state index is 0.237. The van der Waals surface area contributed by atoms with Crippen LogP contribution in [0.15, 0.2) is 28.7 Å². The number of aryl methyl sites for hydroxylation is 2. The topological polar surface area (TPSA) is 97.2 Å². The maximum absolute atomic E-state index is 11.6. The van der Waals surface area contributed by atoms with Gasteiger partial charge in [0.1, 0.15) is 11.9 Å². The van der Waals surface area contributed by atoms with Gasteiger partial charge in [-0.25, -0.2) is 9.78 Å². The molecule has 7 nitrogen and oxygen atoms in total. The summed E-state index contributed by atoms with van der Waals surface area (Å²) in [7, 11) is 1.50. The van der Waals surface area contributed by atoms with Crippen LogP contribution in [0.1, 0.15) is 29.4 Å². The summed E-state index contributed by atoms with van der Waals surface area (Å²) >= 11 is 3.45. The minimum atomic E-state index is -0.470. The third-order valence-electron chi connectivity index (χ3n) is 4.68. The third kappa shape index (κ3) is 5.06. The van der Waals surface area contributed by atoms with E-state index in [2.05, 4.69) is 32.0 Å². The number of rotatable bonds is 7. The number of benzene rings is 2. The highest BCUT2D eigenvalue weighted by Crippen LogP contribution is 2.37. The number of fused-ring (bicyclic) bond motifs is 1. The molecule has 0 bridgehead atoms. The number of carbonyl (C=O) groups excluding carboxylic acids is 1. The molecule has 0 aliphatic carbocycles. The van der Waals surface area contributed by atoms with Crippen LogP contribution < -0.4 is 9.47 Å². The van der Waals surface area contributed by atoms with Crippen molar-refractivity contribution in [3.05, 3.63) is 51.3 Å². The first-order valence-electron chi connectivity index (χ1n) is 9.61. The highest BCUT2D eigenvalue weighted by molar-refractivity contribution is 9.10. The fourth-order valence-corrected chi connectivity index (χ4v) is 3.59. The van der Waals surface area contributed by atoms with E-state index in [9.17, 15) is 10.1 Å². The molecule has 1 aromatic heterocycles. The molecule has 31 heavy (non-hydrogen) atoms. The number of halogens is 1. The highest BCUT2D eigenvalue weighted by atomic mass is 79.9. The summed E-state index contributed by atoms with van der Waals surface area (Å²) in [5.41, 5.74) is 5.05. The Hall–Kier alpha value is -3.31. The fourth-order valence-electron chi connectivity index (χ4n) is 3.01. The van der Waals surface area contributed by atoms with E-state index in [-0.39, 0.29) is 13.2 Å². The van der Waals surface area contributed by atoms with Gasteiger partial charge in [-0.2, -0.15) is 5.26 Å². The Bertz CT molecular complexity index is 1170. The van der Waals surface area contributed by atoms with Crippen molar-refractivity contribution < 1.29 is 19.0 Å². The molecule has 160 valence electrons. The summed E-state index contributed by atoms with van der Waals surface area (Å²) in [5, 5.41) is 9.72. The van der Waals surface area contributed by atoms with Gasteiger partial charge in [0.05, 0.1) is 34.8 Å². The first-order valence-corrected chi connectivity index (χ1v) is 10.4. The summed E-state index contributed by atoms with van der Waals surface area (Å²) < 4.78 is 16.4. The van der Waals surface area contributed by atoms with Crippen LogP contribution in [0.5, 0.6) is 11.5 Å². The van der Waals surface area contributed by atoms with E-state index < -0.39 is 5.97 Å². The van der Waals surface area contributed by atoms with Crippen molar-refractivity contribution in [2.75, 3.05) is 20.3 Å². The Labute approximate surface area is 188 Å². The number of hydrogen-bond donors (Lipinski definition) is 1. The number of nitrogens with one attached hydrogen (secondary N) is 1. The lowest BCUT2D eigenvalue weighted by Gasteiger charge is -2.13. The first-order chi connectivity index (χ1) is 14.9. The number of hydrogen-bond acceptors (Lipinski definition) is 6. The Morgan fingerprint density at radius 1 is 1.26 bits per heavy atom. The van der Waals surface area contributed by atoms with Gasteiger partial charge in [0.15, 0.2) is 18.1 Å². The highest BCUT2D eigenvalue weighted by Gasteiger charge is 2.15. The van der Waals surface area contributed by atoms with Gasteiger partial charge in [0, 0.05) is 0 Å². The minimum Gasteiger partial charge on any atom is -0.493 e. The van der Waals surface area contributed by atoms with E-state index in [4.69, 9.17) is 14.2 Å². The second-order valence-electron chi connectivity index (χ2n) is 6.84. The summed E-state index contributed by atoms with van der Waals surface area (Å²) in [4.78, 5) is 19.4. The number of ether oxygens (including phenoxy) is 3. The zero-order chi connectivity index (χ0) is 22.5. The second kappa shape index (κ2) is 9.67. The molecule has 8 heteroatoms. The molecule has 0 aliphatic rings. The number of nitriles is 1. The number of nitrogens with zero attached hydrogens (tertiary/aromatic N) is 2. The molecule has 3 rings (SSSR count). The predicted octanol–water partition coefficient (Wildman–Crippen LogP) is 4.96. The molecule has 0 saturated carbocycles. The summed E-state index contributed by atoms with van der Waals surface area (Å²) in [6.45, 7) is 5.83. The number of aromatic amines is 1. The van der Waals surface area contributed by atoms with Gasteiger partial charge in [0.25, 0.3) is 0 Å². The Morgan fingerprint density at radius 2 is 2.00 bits per heavy atom. The molecule has 0 aliphatic heterocycles. The van der Waals surface area contributed by atoms with Crippen molar-refractivity contribution in [3.63, 3.8) is 0 Å². The number of methoxy groups -OCH3 is 1. The molecule has 3 aromatic rings. The average molecular weight is 484 g/mol. The normalized spacial score (nSPS) is 11.3. The van der Waals surface area contributed by atoms with Gasteiger partial charge < -0.3 is 19.2 Å². The SMILES string of the molecule is CCOC(=O)COc1c(Br)cc(/C=C(/C#N)c2nc3cc(C)c(C)cc3[nH]2)cc1OC. The van der Waals surface area contributed by atoms with E-state index in [0.717, 1.165) is 22.2 Å². The lowest BCUT2D eigenvalue weighted by atomic mass is 10.1. The summed E-state index contributed by atoms with van der Waals surface area (Å²) in [6, 6.07) is 9.71.